The first-order valence-corrected chi connectivity index (χ1v) is 22.0. The van der Waals surface area contributed by atoms with E-state index < -0.39 is 17.2 Å². The molecule has 2 aliphatic heterocycles. The number of halogens is 1. The summed E-state index contributed by atoms with van der Waals surface area (Å²) in [6, 6.07) is 10.9. The van der Waals surface area contributed by atoms with E-state index in [0.29, 0.717) is 71.4 Å². The van der Waals surface area contributed by atoms with Gasteiger partial charge in [-0.15, -0.1) is 0 Å². The number of H-pyrrole nitrogens is 1. The number of hydrogen-bond donors (Lipinski definition) is 1. The second-order valence-corrected chi connectivity index (χ2v) is 18.7. The molecule has 0 radical (unpaired) electrons. The predicted molar refractivity (Wildman–Crippen MR) is 236 cm³/mol. The van der Waals surface area contributed by atoms with E-state index in [0.717, 1.165) is 65.1 Å². The third-order valence-corrected chi connectivity index (χ3v) is 13.9. The summed E-state index contributed by atoms with van der Waals surface area (Å²) in [6.07, 6.45) is 15.7. The molecule has 2 fully saturated rings. The van der Waals surface area contributed by atoms with Crippen molar-refractivity contribution in [2.45, 2.75) is 97.1 Å². The molecule has 8 aromatic rings. The number of hydrogen-bond acceptors (Lipinski definition) is 8. The van der Waals surface area contributed by atoms with Crippen molar-refractivity contribution >= 4 is 16.9 Å². The Labute approximate surface area is 366 Å². The number of aromatic nitrogens is 9. The van der Waals surface area contributed by atoms with Crippen molar-refractivity contribution in [3.8, 4) is 17.2 Å². The zero-order valence-electron chi connectivity index (χ0n) is 36.7. The lowest BCUT2D eigenvalue weighted by Crippen LogP contribution is -2.40. The van der Waals surface area contributed by atoms with Gasteiger partial charge in [0.2, 0.25) is 0 Å². The molecular weight excluding hydrogens is 816 g/mol. The van der Waals surface area contributed by atoms with Crippen molar-refractivity contribution < 1.29 is 18.4 Å². The average Bonchev–Trinajstić information content (AvgIpc) is 3.71. The fourth-order valence-corrected chi connectivity index (χ4v) is 10.6. The minimum absolute atomic E-state index is 0.175. The number of nitrogens with one attached hydrogen (secondary N) is 1. The monoisotopic (exact) mass is 864 g/mol. The Morgan fingerprint density at radius 1 is 0.984 bits per heavy atom. The summed E-state index contributed by atoms with van der Waals surface area (Å²) in [5.41, 5.74) is 6.55. The fourth-order valence-electron chi connectivity index (χ4n) is 10.6. The first kappa shape index (κ1) is 40.0. The van der Waals surface area contributed by atoms with Crippen LogP contribution in [0.5, 0.6) is 0 Å². The molecule has 16 heteroatoms. The summed E-state index contributed by atoms with van der Waals surface area (Å²) in [6.45, 7) is 12.7. The molecule has 11 rings (SSSR count). The van der Waals surface area contributed by atoms with Gasteiger partial charge in [0.1, 0.15) is 17.5 Å². The highest BCUT2D eigenvalue weighted by Gasteiger charge is 2.53. The van der Waals surface area contributed by atoms with Crippen molar-refractivity contribution in [2.24, 2.45) is 5.92 Å². The van der Waals surface area contributed by atoms with E-state index in [2.05, 4.69) is 47.3 Å². The number of benzene rings is 1. The molecule has 1 amide bonds. The molecule has 64 heavy (non-hydrogen) atoms. The second-order valence-electron chi connectivity index (χ2n) is 18.7. The Bertz CT molecular complexity index is 3290. The lowest BCUT2D eigenvalue weighted by Gasteiger charge is -2.35. The van der Waals surface area contributed by atoms with Crippen LogP contribution in [0, 0.1) is 32.5 Å². The summed E-state index contributed by atoms with van der Waals surface area (Å²) >= 11 is 0. The van der Waals surface area contributed by atoms with Crippen molar-refractivity contribution in [3.63, 3.8) is 0 Å². The number of nitrogens with zero attached hydrogens (tertiary/aromatic N) is 9. The summed E-state index contributed by atoms with van der Waals surface area (Å²) < 4.78 is 35.0. The van der Waals surface area contributed by atoms with Gasteiger partial charge < -0.3 is 18.4 Å². The minimum atomic E-state index is -0.717. The first-order chi connectivity index (χ1) is 30.7. The number of carbonyl (C=O) groups excluding carboxylic acids is 1. The van der Waals surface area contributed by atoms with Gasteiger partial charge in [0.25, 0.3) is 5.91 Å². The van der Waals surface area contributed by atoms with Crippen LogP contribution in [-0.2, 0) is 23.0 Å². The molecule has 1 saturated heterocycles. The van der Waals surface area contributed by atoms with Gasteiger partial charge in [-0.25, -0.2) is 23.6 Å². The lowest BCUT2D eigenvalue weighted by molar-refractivity contribution is -0.0721. The normalized spacial score (nSPS) is 19.1. The molecule has 15 nitrogen and oxygen atoms in total. The van der Waals surface area contributed by atoms with Gasteiger partial charge in [0.05, 0.1) is 56.9 Å². The number of aromatic amines is 1. The van der Waals surface area contributed by atoms with E-state index in [9.17, 15) is 9.59 Å². The number of fused-ring (bicyclic) bond motifs is 3. The largest absolute Gasteiger partial charge is 0.438 e. The number of rotatable bonds is 8. The number of pyridine rings is 2. The topological polar surface area (TPSA) is 155 Å². The van der Waals surface area contributed by atoms with Crippen LogP contribution >= 0.6 is 0 Å². The Kier molecular flexibility index (Phi) is 8.97. The molecule has 1 saturated carbocycles. The Morgan fingerprint density at radius 2 is 1.77 bits per heavy atom. The zero-order chi connectivity index (χ0) is 44.4. The molecule has 3 aliphatic rings. The Balaban J connectivity index is 1.03. The first-order valence-electron chi connectivity index (χ1n) is 22.0. The second kappa shape index (κ2) is 14.4. The number of carbonyl (C=O) groups is 1. The lowest BCUT2D eigenvalue weighted by atomic mass is 9.84. The van der Waals surface area contributed by atoms with Crippen molar-refractivity contribution in [2.75, 3.05) is 13.2 Å². The summed E-state index contributed by atoms with van der Waals surface area (Å²) in [5, 5.41) is 9.27. The van der Waals surface area contributed by atoms with Crippen LogP contribution in [0.3, 0.4) is 0 Å². The van der Waals surface area contributed by atoms with E-state index in [1.807, 2.05) is 52.1 Å². The minimum Gasteiger partial charge on any atom is -0.376 e. The maximum atomic E-state index is 15.4. The summed E-state index contributed by atoms with van der Waals surface area (Å²) in [5.74, 6) is 1.03. The standard InChI is InChI=1S/C48H49FN10O5/c1-27-19-34(20-28(2)41(27)49)59-42(58-17-16-57(46(58)62)33-9-14-56-30(4)50-24-35(56)22-33)39-29(3)55(15-10-37(39)52-59)43(60)36-26-54-25-32(21-31-11-18-63-47(5,6)23-31)7-8-38(54)40(36)48(12-13-48)44-51-45(61)64-53-44/h7-9,14,16-17,19-20,22,24-26,29,31H,10-13,15,18,21,23H2,1-6H3,(H,51,53,61)/t29-,31+/m0/s1. The summed E-state index contributed by atoms with van der Waals surface area (Å²) in [4.78, 5) is 51.5. The van der Waals surface area contributed by atoms with Gasteiger partial charge in [-0.1, -0.05) is 11.2 Å². The SMILES string of the molecule is Cc1cc(-n2nc3c(c2-n2ccn(-c4ccn5c(C)ncc5c4)c2=O)[C@H](C)N(C(=O)c2cn4cc(C[C@H]5CCOC(C)(C)C5)ccc4c2C2(c4noc(=O)[nH]4)CC2)CC3)cc(C)c1F. The van der Waals surface area contributed by atoms with Crippen molar-refractivity contribution in [3.05, 3.63) is 151 Å². The molecule has 0 spiro atoms. The average molecular weight is 865 g/mol. The highest BCUT2D eigenvalue weighted by atomic mass is 19.1. The van der Waals surface area contributed by atoms with Crippen molar-refractivity contribution in [1.29, 1.82) is 0 Å². The number of imidazole rings is 2. The highest BCUT2D eigenvalue weighted by Crippen LogP contribution is 2.55. The quantitative estimate of drug-likeness (QED) is 0.171. The zero-order valence-corrected chi connectivity index (χ0v) is 36.7. The maximum Gasteiger partial charge on any atom is 0.438 e. The Hall–Kier alpha value is -6.81. The predicted octanol–water partition coefficient (Wildman–Crippen LogP) is 7.04. The fraction of sp³-hybridized carbons (Fsp3) is 0.375. The van der Waals surface area contributed by atoms with Crippen LogP contribution in [-0.4, -0.2) is 72.4 Å². The van der Waals surface area contributed by atoms with Gasteiger partial charge in [0, 0.05) is 61.7 Å². The maximum absolute atomic E-state index is 15.4. The van der Waals surface area contributed by atoms with Crippen molar-refractivity contribution in [1.82, 2.24) is 47.7 Å². The van der Waals surface area contributed by atoms with Crippen LogP contribution in [0.2, 0.25) is 0 Å². The van der Waals surface area contributed by atoms with Crippen LogP contribution in [0.25, 0.3) is 28.2 Å². The van der Waals surface area contributed by atoms with E-state index in [-0.39, 0.29) is 23.0 Å². The number of amides is 1. The molecule has 1 aliphatic carbocycles. The van der Waals surface area contributed by atoms with Crippen LogP contribution < -0.4 is 11.4 Å². The van der Waals surface area contributed by atoms with Crippen LogP contribution in [0.4, 0.5) is 4.39 Å². The molecule has 7 aromatic heterocycles. The highest BCUT2D eigenvalue weighted by molar-refractivity contribution is 5.99. The molecule has 328 valence electrons. The molecule has 1 N–H and O–H groups in total. The van der Waals surface area contributed by atoms with Gasteiger partial charge >= 0.3 is 11.4 Å². The molecule has 0 unspecified atom stereocenters. The molecular formula is C48H49FN10O5. The smallest absolute Gasteiger partial charge is 0.376 e. The molecule has 1 aromatic carbocycles. The molecule has 9 heterocycles. The van der Waals surface area contributed by atoms with Gasteiger partial charge in [-0.3, -0.25) is 23.4 Å². The van der Waals surface area contributed by atoms with Crippen LogP contribution in [0.1, 0.15) is 108 Å². The number of aryl methyl sites for hydroxylation is 3. The summed E-state index contributed by atoms with van der Waals surface area (Å²) in [7, 11) is 0. The van der Waals surface area contributed by atoms with E-state index in [1.54, 1.807) is 58.4 Å². The molecule has 2 atom stereocenters. The molecule has 0 bridgehead atoms. The van der Waals surface area contributed by atoms with E-state index in [1.165, 1.54) is 0 Å². The third kappa shape index (κ3) is 6.32. The van der Waals surface area contributed by atoms with E-state index >= 15 is 9.18 Å². The third-order valence-electron chi connectivity index (χ3n) is 13.9. The van der Waals surface area contributed by atoms with E-state index in [4.69, 9.17) is 14.4 Å². The van der Waals surface area contributed by atoms with Crippen LogP contribution in [0.15, 0.2) is 87.7 Å². The Morgan fingerprint density at radius 3 is 2.50 bits per heavy atom. The van der Waals surface area contributed by atoms with Gasteiger partial charge in [-0.2, -0.15) is 5.10 Å². The number of ether oxygens (including phenoxy) is 1. The van der Waals surface area contributed by atoms with Gasteiger partial charge in [0.15, 0.2) is 5.82 Å². The van der Waals surface area contributed by atoms with Gasteiger partial charge in [-0.05, 0) is 127 Å².